The Morgan fingerprint density at radius 1 is 0.792 bits per heavy atom. The van der Waals surface area contributed by atoms with E-state index in [1.165, 1.54) is 17.6 Å². The number of carbonyl (C=O) groups is 2. The van der Waals surface area contributed by atoms with E-state index in [1.54, 1.807) is 24.3 Å². The van der Waals surface area contributed by atoms with Gasteiger partial charge in [0.15, 0.2) is 0 Å². The Hall–Kier alpha value is -3.38. The molecule has 0 spiro atoms. The zero-order chi connectivity index (χ0) is 17.1. The Bertz CT molecular complexity index is 937. The van der Waals surface area contributed by atoms with Crippen molar-refractivity contribution in [3.05, 3.63) is 71.8 Å². The highest BCUT2D eigenvalue weighted by atomic mass is 16.5. The minimum absolute atomic E-state index is 0.0257. The Morgan fingerprint density at radius 3 is 1.96 bits per heavy atom. The quantitative estimate of drug-likeness (QED) is 0.338. The molecule has 0 aromatic heterocycles. The number of phenolic OH excluding ortho intramolecular Hbond substituents is 1. The zero-order valence-electron chi connectivity index (χ0n) is 12.5. The summed E-state index contributed by atoms with van der Waals surface area (Å²) in [4.78, 5) is 24.1. The van der Waals surface area contributed by atoms with Gasteiger partial charge in [0.2, 0.25) is 0 Å². The van der Waals surface area contributed by atoms with Gasteiger partial charge in [-0.3, -0.25) is 14.8 Å². The fourth-order valence-electron chi connectivity index (χ4n) is 2.46. The monoisotopic (exact) mass is 322 g/mol. The molecule has 0 fully saturated rings. The maximum Gasteiger partial charge on any atom is 0.275 e. The molecule has 6 heteroatoms. The zero-order valence-corrected chi connectivity index (χ0v) is 12.5. The summed E-state index contributed by atoms with van der Waals surface area (Å²) >= 11 is 0. The van der Waals surface area contributed by atoms with Crippen LogP contribution in [0.1, 0.15) is 20.7 Å². The lowest BCUT2D eigenvalue weighted by molar-refractivity contribution is 0.0703. The number of phenols is 1. The van der Waals surface area contributed by atoms with Crippen LogP contribution in [0, 0.1) is 0 Å². The Balaban J connectivity index is 1.96. The van der Waals surface area contributed by atoms with E-state index >= 15 is 0 Å². The molecule has 6 nitrogen and oxygen atoms in total. The third kappa shape index (κ3) is 2.90. The molecule has 4 N–H and O–H groups in total. The number of hydrogen-bond acceptors (Lipinski definition) is 4. The molecule has 0 aliphatic rings. The molecule has 0 aliphatic carbocycles. The van der Waals surface area contributed by atoms with E-state index in [1.807, 2.05) is 24.3 Å². The standard InChI is InChI=1S/C18H14N2O4/c21-16-10-12-6-2-1-5-11(12)9-15(16)19-17(22)13-7-3-4-8-14(13)18(23)20-24/h1-10,21,24H,(H,19,22)(H,20,23). The lowest BCUT2D eigenvalue weighted by atomic mass is 10.1. The summed E-state index contributed by atoms with van der Waals surface area (Å²) in [7, 11) is 0. The minimum Gasteiger partial charge on any atom is -0.506 e. The third-order valence-corrected chi connectivity index (χ3v) is 3.63. The molecular weight excluding hydrogens is 308 g/mol. The second-order valence-electron chi connectivity index (χ2n) is 5.16. The average molecular weight is 322 g/mol. The first-order chi connectivity index (χ1) is 11.6. The highest BCUT2D eigenvalue weighted by Gasteiger charge is 2.17. The van der Waals surface area contributed by atoms with Crippen molar-refractivity contribution in [3.8, 4) is 5.75 Å². The number of carbonyl (C=O) groups excluding carboxylic acids is 2. The van der Waals surface area contributed by atoms with Crippen LogP contribution in [-0.2, 0) is 0 Å². The first kappa shape index (κ1) is 15.5. The van der Waals surface area contributed by atoms with Crippen molar-refractivity contribution < 1.29 is 19.9 Å². The maximum absolute atomic E-state index is 12.5. The minimum atomic E-state index is -0.788. The normalized spacial score (nSPS) is 10.4. The number of amides is 2. The third-order valence-electron chi connectivity index (χ3n) is 3.63. The van der Waals surface area contributed by atoms with Crippen molar-refractivity contribution in [2.45, 2.75) is 0 Å². The molecule has 2 amide bonds. The van der Waals surface area contributed by atoms with Gasteiger partial charge in [-0.2, -0.15) is 0 Å². The van der Waals surface area contributed by atoms with Crippen molar-refractivity contribution in [1.82, 2.24) is 5.48 Å². The summed E-state index contributed by atoms with van der Waals surface area (Å²) in [5, 5.41) is 23.2. The van der Waals surface area contributed by atoms with Gasteiger partial charge in [0, 0.05) is 0 Å². The molecule has 3 aromatic rings. The lowest BCUT2D eigenvalue weighted by Gasteiger charge is -2.11. The molecule has 0 radical (unpaired) electrons. The Kier molecular flexibility index (Phi) is 4.13. The van der Waals surface area contributed by atoms with E-state index in [2.05, 4.69) is 5.32 Å². The molecule has 24 heavy (non-hydrogen) atoms. The van der Waals surface area contributed by atoms with Gasteiger partial charge in [-0.1, -0.05) is 36.4 Å². The van der Waals surface area contributed by atoms with E-state index < -0.39 is 11.8 Å². The lowest BCUT2D eigenvalue weighted by Crippen LogP contribution is -2.23. The average Bonchev–Trinajstić information content (AvgIpc) is 2.61. The molecule has 120 valence electrons. The molecule has 0 saturated carbocycles. The fraction of sp³-hybridized carbons (Fsp3) is 0. The number of fused-ring (bicyclic) bond motifs is 1. The van der Waals surface area contributed by atoms with Crippen molar-refractivity contribution in [3.63, 3.8) is 0 Å². The van der Waals surface area contributed by atoms with E-state index in [9.17, 15) is 14.7 Å². The molecule has 0 bridgehead atoms. The van der Waals surface area contributed by atoms with Gasteiger partial charge in [-0.15, -0.1) is 0 Å². The van der Waals surface area contributed by atoms with Crippen molar-refractivity contribution >= 4 is 28.3 Å². The smallest absolute Gasteiger partial charge is 0.275 e. The summed E-state index contributed by atoms with van der Waals surface area (Å²) in [6.45, 7) is 0. The number of hydrogen-bond donors (Lipinski definition) is 4. The van der Waals surface area contributed by atoms with E-state index in [-0.39, 0.29) is 22.6 Å². The number of aromatic hydroxyl groups is 1. The summed E-state index contributed by atoms with van der Waals surface area (Å²) < 4.78 is 0. The predicted octanol–water partition coefficient (Wildman–Crippen LogP) is 2.92. The summed E-state index contributed by atoms with van der Waals surface area (Å²) in [5.74, 6) is -1.44. The molecule has 0 unspecified atom stereocenters. The van der Waals surface area contributed by atoms with Gasteiger partial charge < -0.3 is 10.4 Å². The topological polar surface area (TPSA) is 98.7 Å². The number of benzene rings is 3. The Morgan fingerprint density at radius 2 is 1.33 bits per heavy atom. The predicted molar refractivity (Wildman–Crippen MR) is 89.3 cm³/mol. The largest absolute Gasteiger partial charge is 0.506 e. The number of rotatable bonds is 3. The van der Waals surface area contributed by atoms with Crippen molar-refractivity contribution in [1.29, 1.82) is 0 Å². The van der Waals surface area contributed by atoms with Crippen LogP contribution in [0.5, 0.6) is 5.75 Å². The first-order valence-corrected chi connectivity index (χ1v) is 7.16. The van der Waals surface area contributed by atoms with Crippen LogP contribution in [0.25, 0.3) is 10.8 Å². The van der Waals surface area contributed by atoms with Crippen molar-refractivity contribution in [2.24, 2.45) is 0 Å². The number of hydroxylamine groups is 1. The SMILES string of the molecule is O=C(NO)c1ccccc1C(=O)Nc1cc2ccccc2cc1O. The van der Waals surface area contributed by atoms with Gasteiger partial charge in [0.05, 0.1) is 16.8 Å². The van der Waals surface area contributed by atoms with Gasteiger partial charge in [0.25, 0.3) is 11.8 Å². The number of nitrogens with one attached hydrogen (secondary N) is 2. The molecule has 3 aromatic carbocycles. The van der Waals surface area contributed by atoms with E-state index in [4.69, 9.17) is 5.21 Å². The number of anilines is 1. The highest BCUT2D eigenvalue weighted by molar-refractivity contribution is 6.12. The van der Waals surface area contributed by atoms with Gasteiger partial charge in [-0.05, 0) is 35.0 Å². The van der Waals surface area contributed by atoms with Crippen LogP contribution < -0.4 is 10.8 Å². The molecule has 3 rings (SSSR count). The van der Waals surface area contributed by atoms with E-state index in [0.717, 1.165) is 10.8 Å². The van der Waals surface area contributed by atoms with Crippen LogP contribution in [0.2, 0.25) is 0 Å². The van der Waals surface area contributed by atoms with Crippen LogP contribution in [-0.4, -0.2) is 22.1 Å². The second kappa shape index (κ2) is 6.39. The summed E-state index contributed by atoms with van der Waals surface area (Å²) in [6, 6.07) is 16.7. The molecular formula is C18H14N2O4. The van der Waals surface area contributed by atoms with Crippen molar-refractivity contribution in [2.75, 3.05) is 5.32 Å². The van der Waals surface area contributed by atoms with E-state index in [0.29, 0.717) is 0 Å². The second-order valence-corrected chi connectivity index (χ2v) is 5.16. The van der Waals surface area contributed by atoms with Crippen LogP contribution in [0.4, 0.5) is 5.69 Å². The van der Waals surface area contributed by atoms with Crippen LogP contribution in [0.15, 0.2) is 60.7 Å². The first-order valence-electron chi connectivity index (χ1n) is 7.16. The van der Waals surface area contributed by atoms with Gasteiger partial charge in [-0.25, -0.2) is 5.48 Å². The fourth-order valence-corrected chi connectivity index (χ4v) is 2.46. The molecule has 0 atom stereocenters. The van der Waals surface area contributed by atoms with Crippen LogP contribution >= 0.6 is 0 Å². The molecule has 0 saturated heterocycles. The van der Waals surface area contributed by atoms with Gasteiger partial charge in [0.1, 0.15) is 5.75 Å². The van der Waals surface area contributed by atoms with Gasteiger partial charge >= 0.3 is 0 Å². The highest BCUT2D eigenvalue weighted by Crippen LogP contribution is 2.29. The Labute approximate surface area is 137 Å². The maximum atomic E-state index is 12.5. The van der Waals surface area contributed by atoms with Crippen LogP contribution in [0.3, 0.4) is 0 Å². The molecule has 0 aliphatic heterocycles. The summed E-state index contributed by atoms with van der Waals surface area (Å²) in [5.41, 5.74) is 1.85. The summed E-state index contributed by atoms with van der Waals surface area (Å²) in [6.07, 6.45) is 0. The molecule has 0 heterocycles.